The molecule has 30 heavy (non-hydrogen) atoms. The highest BCUT2D eigenvalue weighted by Gasteiger charge is 2.17. The zero-order valence-electron chi connectivity index (χ0n) is 17.3. The normalized spacial score (nSPS) is 16.6. The zero-order valence-corrected chi connectivity index (χ0v) is 18.1. The largest absolute Gasteiger partial charge is 0.342 e. The molecule has 4 rings (SSSR count). The SMILES string of the molecule is O=C(CSCC(=O)N1CCCCC1)Nc1ccc(-c2nnc3n2CCCCC3)cc1. The van der Waals surface area contributed by atoms with Crippen LogP contribution in [0, 0.1) is 0 Å². The first-order chi connectivity index (χ1) is 14.7. The molecule has 2 aliphatic rings. The van der Waals surface area contributed by atoms with Crippen molar-refractivity contribution in [2.75, 3.05) is 29.9 Å². The number of piperidine rings is 1. The van der Waals surface area contributed by atoms with Crippen molar-refractivity contribution in [3.8, 4) is 11.4 Å². The Bertz CT molecular complexity index is 874. The minimum absolute atomic E-state index is 0.0875. The lowest BCUT2D eigenvalue weighted by atomic mass is 10.1. The molecule has 0 unspecified atom stereocenters. The molecule has 160 valence electrons. The summed E-state index contributed by atoms with van der Waals surface area (Å²) in [7, 11) is 0. The van der Waals surface area contributed by atoms with Crippen LogP contribution in [0.25, 0.3) is 11.4 Å². The Morgan fingerprint density at radius 2 is 1.63 bits per heavy atom. The molecule has 7 nitrogen and oxygen atoms in total. The Labute approximate surface area is 181 Å². The number of thioether (sulfide) groups is 1. The molecule has 0 spiro atoms. The highest BCUT2D eigenvalue weighted by atomic mass is 32.2. The first-order valence-corrected chi connectivity index (χ1v) is 12.0. The van der Waals surface area contributed by atoms with Crippen molar-refractivity contribution < 1.29 is 9.59 Å². The zero-order chi connectivity index (χ0) is 20.8. The topological polar surface area (TPSA) is 80.1 Å². The fourth-order valence-electron chi connectivity index (χ4n) is 4.06. The van der Waals surface area contributed by atoms with Crippen LogP contribution in [0.4, 0.5) is 5.69 Å². The lowest BCUT2D eigenvalue weighted by Crippen LogP contribution is -2.37. The van der Waals surface area contributed by atoms with Gasteiger partial charge in [0.05, 0.1) is 11.5 Å². The summed E-state index contributed by atoms with van der Waals surface area (Å²) < 4.78 is 2.22. The van der Waals surface area contributed by atoms with E-state index in [9.17, 15) is 9.59 Å². The van der Waals surface area contributed by atoms with E-state index in [2.05, 4.69) is 20.1 Å². The molecule has 2 aliphatic heterocycles. The second kappa shape index (κ2) is 10.1. The monoisotopic (exact) mass is 427 g/mol. The fourth-order valence-corrected chi connectivity index (χ4v) is 4.78. The number of anilines is 1. The molecule has 0 radical (unpaired) electrons. The molecule has 1 N–H and O–H groups in total. The van der Waals surface area contributed by atoms with Crippen molar-refractivity contribution in [1.29, 1.82) is 0 Å². The van der Waals surface area contributed by atoms with Gasteiger partial charge in [-0.25, -0.2) is 0 Å². The number of hydrogen-bond donors (Lipinski definition) is 1. The maximum absolute atomic E-state index is 12.2. The molecule has 0 atom stereocenters. The molecule has 2 aromatic rings. The minimum Gasteiger partial charge on any atom is -0.342 e. The predicted molar refractivity (Wildman–Crippen MR) is 119 cm³/mol. The highest BCUT2D eigenvalue weighted by molar-refractivity contribution is 8.00. The van der Waals surface area contributed by atoms with Gasteiger partial charge in [0.2, 0.25) is 11.8 Å². The van der Waals surface area contributed by atoms with Crippen molar-refractivity contribution in [3.05, 3.63) is 30.1 Å². The number of aryl methyl sites for hydroxylation is 1. The number of likely N-dealkylation sites (tertiary alicyclic amines) is 1. The van der Waals surface area contributed by atoms with Crippen LogP contribution in [0.1, 0.15) is 44.3 Å². The maximum Gasteiger partial charge on any atom is 0.234 e. The third-order valence-corrected chi connectivity index (χ3v) is 6.62. The molecule has 1 aromatic heterocycles. The van der Waals surface area contributed by atoms with Crippen LogP contribution in [0.15, 0.2) is 24.3 Å². The number of amides is 2. The number of nitrogens with zero attached hydrogens (tertiary/aromatic N) is 4. The van der Waals surface area contributed by atoms with Gasteiger partial charge in [-0.05, 0) is 56.4 Å². The summed E-state index contributed by atoms with van der Waals surface area (Å²) in [6.45, 7) is 2.67. The second-order valence-electron chi connectivity index (χ2n) is 7.96. The van der Waals surface area contributed by atoms with Gasteiger partial charge in [0.15, 0.2) is 5.82 Å². The van der Waals surface area contributed by atoms with Gasteiger partial charge in [0.1, 0.15) is 5.82 Å². The minimum atomic E-state index is -0.0875. The third kappa shape index (κ3) is 5.22. The van der Waals surface area contributed by atoms with Gasteiger partial charge < -0.3 is 14.8 Å². The predicted octanol–water partition coefficient (Wildman–Crippen LogP) is 3.36. The summed E-state index contributed by atoms with van der Waals surface area (Å²) in [4.78, 5) is 26.3. The third-order valence-electron chi connectivity index (χ3n) is 5.70. The van der Waals surface area contributed by atoms with E-state index in [0.29, 0.717) is 5.75 Å². The van der Waals surface area contributed by atoms with Crippen molar-refractivity contribution in [2.45, 2.75) is 51.5 Å². The lowest BCUT2D eigenvalue weighted by Gasteiger charge is -2.26. The Morgan fingerprint density at radius 1 is 0.900 bits per heavy atom. The average molecular weight is 428 g/mol. The van der Waals surface area contributed by atoms with Crippen LogP contribution in [0.2, 0.25) is 0 Å². The number of carbonyl (C=O) groups is 2. The average Bonchev–Trinajstić information content (AvgIpc) is 3.03. The number of hydrogen-bond acceptors (Lipinski definition) is 5. The molecule has 3 heterocycles. The highest BCUT2D eigenvalue weighted by Crippen LogP contribution is 2.24. The van der Waals surface area contributed by atoms with Crippen molar-refractivity contribution in [2.24, 2.45) is 0 Å². The van der Waals surface area contributed by atoms with E-state index in [4.69, 9.17) is 0 Å². The van der Waals surface area contributed by atoms with E-state index in [1.807, 2.05) is 29.2 Å². The number of fused-ring (bicyclic) bond motifs is 1. The van der Waals surface area contributed by atoms with Gasteiger partial charge in [0.25, 0.3) is 0 Å². The summed E-state index contributed by atoms with van der Waals surface area (Å²) >= 11 is 1.38. The molecule has 1 fully saturated rings. The smallest absolute Gasteiger partial charge is 0.234 e. The molecule has 0 saturated carbocycles. The summed E-state index contributed by atoms with van der Waals surface area (Å²) in [5.74, 6) is 2.66. The Morgan fingerprint density at radius 3 is 2.43 bits per heavy atom. The number of aromatic nitrogens is 3. The molecule has 1 saturated heterocycles. The van der Waals surface area contributed by atoms with Crippen LogP contribution in [-0.2, 0) is 22.6 Å². The summed E-state index contributed by atoms with van der Waals surface area (Å²) in [6, 6.07) is 7.75. The van der Waals surface area contributed by atoms with Gasteiger partial charge in [-0.3, -0.25) is 9.59 Å². The van der Waals surface area contributed by atoms with Gasteiger partial charge >= 0.3 is 0 Å². The molecule has 1 aromatic carbocycles. The van der Waals surface area contributed by atoms with Gasteiger partial charge in [-0.1, -0.05) is 6.42 Å². The van der Waals surface area contributed by atoms with Crippen molar-refractivity contribution in [3.63, 3.8) is 0 Å². The Balaban J connectivity index is 1.27. The van der Waals surface area contributed by atoms with Gasteiger partial charge in [-0.15, -0.1) is 22.0 Å². The second-order valence-corrected chi connectivity index (χ2v) is 8.95. The number of carbonyl (C=O) groups excluding carboxylic acids is 2. The van der Waals surface area contributed by atoms with Crippen LogP contribution >= 0.6 is 11.8 Å². The van der Waals surface area contributed by atoms with Crippen LogP contribution in [0.5, 0.6) is 0 Å². The summed E-state index contributed by atoms with van der Waals surface area (Å²) in [5, 5.41) is 11.6. The number of rotatable bonds is 6. The van der Waals surface area contributed by atoms with E-state index < -0.39 is 0 Å². The van der Waals surface area contributed by atoms with Crippen molar-refractivity contribution >= 4 is 29.3 Å². The van der Waals surface area contributed by atoms with E-state index in [1.54, 1.807) is 0 Å². The molecule has 8 heteroatoms. The van der Waals surface area contributed by atoms with Crippen LogP contribution < -0.4 is 5.32 Å². The molecule has 0 aliphatic carbocycles. The standard InChI is InChI=1S/C22H29N5O2S/c28-20(15-30-16-21(29)26-12-4-2-5-13-26)23-18-10-8-17(9-11-18)22-25-24-19-7-3-1-6-14-27(19)22/h8-11H,1-7,12-16H2,(H,23,28). The van der Waals surface area contributed by atoms with Gasteiger partial charge in [-0.2, -0.15) is 0 Å². The van der Waals surface area contributed by atoms with E-state index in [1.165, 1.54) is 31.0 Å². The number of benzene rings is 1. The Kier molecular flexibility index (Phi) is 7.04. The Hall–Kier alpha value is -2.35. The maximum atomic E-state index is 12.2. The molecular formula is C22H29N5O2S. The van der Waals surface area contributed by atoms with Crippen LogP contribution in [-0.4, -0.2) is 56.1 Å². The van der Waals surface area contributed by atoms with Crippen molar-refractivity contribution in [1.82, 2.24) is 19.7 Å². The van der Waals surface area contributed by atoms with E-state index >= 15 is 0 Å². The number of nitrogens with one attached hydrogen (secondary N) is 1. The lowest BCUT2D eigenvalue weighted by molar-refractivity contribution is -0.129. The summed E-state index contributed by atoms with van der Waals surface area (Å²) in [5.41, 5.74) is 1.76. The quantitative estimate of drug-likeness (QED) is 0.765. The first-order valence-electron chi connectivity index (χ1n) is 10.9. The molecule has 2 amide bonds. The van der Waals surface area contributed by atoms with Gasteiger partial charge in [0, 0.05) is 37.3 Å². The van der Waals surface area contributed by atoms with E-state index in [0.717, 1.165) is 68.2 Å². The summed E-state index contributed by atoms with van der Waals surface area (Å²) in [6.07, 6.45) is 7.93. The fraction of sp³-hybridized carbons (Fsp3) is 0.545. The first kappa shape index (κ1) is 20.9. The molecular weight excluding hydrogens is 398 g/mol. The van der Waals surface area contributed by atoms with Crippen LogP contribution in [0.3, 0.4) is 0 Å². The molecule has 0 bridgehead atoms. The van der Waals surface area contributed by atoms with E-state index in [-0.39, 0.29) is 17.6 Å².